The van der Waals surface area contributed by atoms with Gasteiger partial charge in [-0.25, -0.2) is 0 Å². The van der Waals surface area contributed by atoms with Crippen LogP contribution in [0.2, 0.25) is 0 Å². The van der Waals surface area contributed by atoms with E-state index >= 15 is 0 Å². The molecule has 0 N–H and O–H groups in total. The number of hydrogen-bond donors (Lipinski definition) is 0. The summed E-state index contributed by atoms with van der Waals surface area (Å²) in [6.07, 6.45) is 0. The van der Waals surface area contributed by atoms with Crippen LogP contribution in [0.1, 0.15) is 0 Å². The highest BCUT2D eigenvalue weighted by Crippen LogP contribution is 2.18. The van der Waals surface area contributed by atoms with Crippen molar-refractivity contribution in [1.29, 1.82) is 0 Å². The van der Waals surface area contributed by atoms with Crippen LogP contribution in [-0.4, -0.2) is 0 Å². The van der Waals surface area contributed by atoms with Crippen molar-refractivity contribution in [1.82, 2.24) is 0 Å². The predicted molar refractivity (Wildman–Crippen MR) is 68.3 cm³/mol. The van der Waals surface area contributed by atoms with Gasteiger partial charge in [0.25, 0.3) is 0 Å². The van der Waals surface area contributed by atoms with E-state index in [1.807, 2.05) is 66.7 Å². The van der Waals surface area contributed by atoms with Gasteiger partial charge in [-0.15, -0.1) is 0 Å². The standard InChI is InChI=1S/C15H11NO/c17-16-14-9-5-4-8-13(14)10-11-15(16)12-6-2-1-3-7-12/h1-11H. The number of pyridine rings is 1. The Kier molecular flexibility index (Phi) is 2.26. The smallest absolute Gasteiger partial charge is 0.224 e. The highest BCUT2D eigenvalue weighted by atomic mass is 16.5. The number of benzene rings is 2. The molecular formula is C15H11NO. The highest BCUT2D eigenvalue weighted by Gasteiger charge is 2.11. The maximum absolute atomic E-state index is 12.2. The van der Waals surface area contributed by atoms with Gasteiger partial charge in [-0.1, -0.05) is 30.3 Å². The van der Waals surface area contributed by atoms with E-state index in [1.54, 1.807) is 0 Å². The second-order valence-corrected chi connectivity index (χ2v) is 3.94. The van der Waals surface area contributed by atoms with Crippen LogP contribution in [0.4, 0.5) is 0 Å². The van der Waals surface area contributed by atoms with E-state index in [1.165, 1.54) is 0 Å². The molecule has 3 rings (SSSR count). The Bertz CT molecular complexity index is 662. The normalized spacial score (nSPS) is 10.6. The molecule has 0 saturated carbocycles. The quantitative estimate of drug-likeness (QED) is 0.458. The van der Waals surface area contributed by atoms with Gasteiger partial charge in [-0.2, -0.15) is 4.73 Å². The van der Waals surface area contributed by atoms with Gasteiger partial charge >= 0.3 is 0 Å². The average molecular weight is 221 g/mol. The van der Waals surface area contributed by atoms with Gasteiger partial charge in [0.2, 0.25) is 11.2 Å². The Morgan fingerprint density at radius 3 is 2.24 bits per heavy atom. The number of rotatable bonds is 1. The number of hydrogen-bond acceptors (Lipinski definition) is 1. The van der Waals surface area contributed by atoms with Crippen LogP contribution in [0.15, 0.2) is 66.7 Å². The molecule has 1 aromatic heterocycles. The van der Waals surface area contributed by atoms with Gasteiger partial charge in [0.15, 0.2) is 0 Å². The Morgan fingerprint density at radius 1 is 0.706 bits per heavy atom. The number of nitrogens with zero attached hydrogens (tertiary/aromatic N) is 1. The third kappa shape index (κ3) is 1.64. The molecular weight excluding hydrogens is 210 g/mol. The molecule has 82 valence electrons. The lowest BCUT2D eigenvalue weighted by molar-refractivity contribution is -0.565. The molecule has 0 spiro atoms. The molecule has 17 heavy (non-hydrogen) atoms. The van der Waals surface area contributed by atoms with Crippen molar-refractivity contribution in [2.45, 2.75) is 0 Å². The van der Waals surface area contributed by atoms with Gasteiger partial charge in [-0.05, 0) is 24.3 Å². The van der Waals surface area contributed by atoms with E-state index in [2.05, 4.69) is 0 Å². The molecule has 0 aliphatic carbocycles. The average Bonchev–Trinajstić information content (AvgIpc) is 2.40. The summed E-state index contributed by atoms with van der Waals surface area (Å²) in [6, 6.07) is 21.1. The Balaban J connectivity index is 2.29. The van der Waals surface area contributed by atoms with Crippen LogP contribution in [0.25, 0.3) is 22.2 Å². The zero-order valence-corrected chi connectivity index (χ0v) is 9.21. The summed E-state index contributed by atoms with van der Waals surface area (Å²) in [5.74, 6) is 0. The molecule has 2 heteroatoms. The van der Waals surface area contributed by atoms with Crippen LogP contribution in [0.5, 0.6) is 0 Å². The van der Waals surface area contributed by atoms with E-state index in [0.717, 1.165) is 15.7 Å². The molecule has 0 unspecified atom stereocenters. The molecule has 0 atom stereocenters. The zero-order valence-electron chi connectivity index (χ0n) is 9.21. The zero-order chi connectivity index (χ0) is 11.7. The minimum absolute atomic E-state index is 0.685. The van der Waals surface area contributed by atoms with Crippen LogP contribution < -0.4 is 4.73 Å². The van der Waals surface area contributed by atoms with Gasteiger partial charge in [0.1, 0.15) is 0 Å². The molecule has 0 radical (unpaired) electrons. The first-order valence-corrected chi connectivity index (χ1v) is 5.53. The lowest BCUT2D eigenvalue weighted by Crippen LogP contribution is -2.29. The van der Waals surface area contributed by atoms with E-state index in [4.69, 9.17) is 0 Å². The molecule has 0 amide bonds. The number of para-hydroxylation sites is 1. The summed E-state index contributed by atoms with van der Waals surface area (Å²) in [6.45, 7) is 0. The van der Waals surface area contributed by atoms with Crippen LogP contribution in [0.3, 0.4) is 0 Å². The second kappa shape index (κ2) is 3.91. The maximum Gasteiger partial charge on any atom is 0.224 e. The van der Waals surface area contributed by atoms with E-state index in [-0.39, 0.29) is 0 Å². The molecule has 2 aromatic carbocycles. The fraction of sp³-hybridized carbons (Fsp3) is 0. The molecule has 0 fully saturated rings. The van der Waals surface area contributed by atoms with Gasteiger partial charge in [-0.3, -0.25) is 0 Å². The molecule has 0 aliphatic heterocycles. The van der Waals surface area contributed by atoms with Gasteiger partial charge < -0.3 is 5.21 Å². The summed E-state index contributed by atoms with van der Waals surface area (Å²) in [5.41, 5.74) is 2.33. The summed E-state index contributed by atoms with van der Waals surface area (Å²) in [5, 5.41) is 13.2. The fourth-order valence-corrected chi connectivity index (χ4v) is 2.00. The minimum Gasteiger partial charge on any atom is -0.618 e. The SMILES string of the molecule is [O-][n+]1c(-c2ccccc2)ccc2ccccc21. The topological polar surface area (TPSA) is 26.9 Å². The predicted octanol–water partition coefficient (Wildman–Crippen LogP) is 3.14. The lowest BCUT2D eigenvalue weighted by Gasteiger charge is -2.07. The van der Waals surface area contributed by atoms with Crippen molar-refractivity contribution in [3.8, 4) is 11.3 Å². The lowest BCUT2D eigenvalue weighted by atomic mass is 10.1. The van der Waals surface area contributed by atoms with Crippen LogP contribution in [0, 0.1) is 5.21 Å². The minimum atomic E-state index is 0.685. The van der Waals surface area contributed by atoms with E-state index < -0.39 is 0 Å². The Labute approximate surface area is 99.3 Å². The molecule has 0 saturated heterocycles. The number of aromatic nitrogens is 1. The second-order valence-electron chi connectivity index (χ2n) is 3.94. The van der Waals surface area contributed by atoms with Crippen molar-refractivity contribution in [3.05, 3.63) is 71.9 Å². The summed E-state index contributed by atoms with van der Waals surface area (Å²) < 4.78 is 0.991. The van der Waals surface area contributed by atoms with E-state index in [9.17, 15) is 5.21 Å². The van der Waals surface area contributed by atoms with Crippen molar-refractivity contribution in [2.24, 2.45) is 0 Å². The van der Waals surface area contributed by atoms with Crippen molar-refractivity contribution < 1.29 is 4.73 Å². The van der Waals surface area contributed by atoms with E-state index in [0.29, 0.717) is 11.2 Å². The Morgan fingerprint density at radius 2 is 1.41 bits per heavy atom. The Hall–Kier alpha value is -2.35. The first-order valence-electron chi connectivity index (χ1n) is 5.53. The highest BCUT2D eigenvalue weighted by molar-refractivity contribution is 5.77. The molecule has 1 heterocycles. The van der Waals surface area contributed by atoms with Crippen LogP contribution in [-0.2, 0) is 0 Å². The first kappa shape index (κ1) is 9.85. The molecule has 3 aromatic rings. The third-order valence-electron chi connectivity index (χ3n) is 2.86. The van der Waals surface area contributed by atoms with Gasteiger partial charge in [0, 0.05) is 23.1 Å². The summed E-state index contributed by atoms with van der Waals surface area (Å²) in [4.78, 5) is 0. The summed E-state index contributed by atoms with van der Waals surface area (Å²) >= 11 is 0. The monoisotopic (exact) mass is 221 g/mol. The molecule has 2 nitrogen and oxygen atoms in total. The van der Waals surface area contributed by atoms with Crippen LogP contribution >= 0.6 is 0 Å². The fourth-order valence-electron chi connectivity index (χ4n) is 2.00. The molecule has 0 bridgehead atoms. The largest absolute Gasteiger partial charge is 0.618 e. The molecule has 0 aliphatic rings. The summed E-state index contributed by atoms with van der Waals surface area (Å²) in [7, 11) is 0. The van der Waals surface area contributed by atoms with Crippen molar-refractivity contribution >= 4 is 10.9 Å². The number of fused-ring (bicyclic) bond motifs is 1. The third-order valence-corrected chi connectivity index (χ3v) is 2.86. The van der Waals surface area contributed by atoms with Crippen molar-refractivity contribution in [2.75, 3.05) is 0 Å². The first-order chi connectivity index (χ1) is 8.36. The van der Waals surface area contributed by atoms with Crippen molar-refractivity contribution in [3.63, 3.8) is 0 Å². The van der Waals surface area contributed by atoms with Gasteiger partial charge in [0.05, 0.1) is 0 Å². The maximum atomic E-state index is 12.2.